The molecule has 0 saturated carbocycles. The number of fused-ring (bicyclic) bond motifs is 1. The molecule has 36 heavy (non-hydrogen) atoms. The van der Waals surface area contributed by atoms with E-state index in [1.54, 1.807) is 30.2 Å². The van der Waals surface area contributed by atoms with Crippen LogP contribution in [-0.2, 0) is 6.54 Å². The van der Waals surface area contributed by atoms with Gasteiger partial charge in [0.25, 0.3) is 5.91 Å². The van der Waals surface area contributed by atoms with Crippen molar-refractivity contribution in [3.05, 3.63) is 82.4 Å². The molecule has 0 N–H and O–H groups in total. The highest BCUT2D eigenvalue weighted by molar-refractivity contribution is 6.30. The summed E-state index contributed by atoms with van der Waals surface area (Å²) in [4.78, 5) is 21.4. The van der Waals surface area contributed by atoms with Crippen LogP contribution in [0.2, 0.25) is 5.15 Å². The van der Waals surface area contributed by atoms with E-state index in [1.807, 2.05) is 17.0 Å². The summed E-state index contributed by atoms with van der Waals surface area (Å²) in [6, 6.07) is 10.5. The molecular formula is C25H21ClF3N5O2. The number of halogens is 4. The van der Waals surface area contributed by atoms with Gasteiger partial charge in [-0.25, -0.2) is 22.7 Å². The Morgan fingerprint density at radius 3 is 2.47 bits per heavy atom. The van der Waals surface area contributed by atoms with E-state index in [4.69, 9.17) is 16.3 Å². The molecule has 1 fully saturated rings. The van der Waals surface area contributed by atoms with E-state index >= 15 is 0 Å². The monoisotopic (exact) mass is 515 g/mol. The lowest BCUT2D eigenvalue weighted by molar-refractivity contribution is 0.0628. The first-order valence-corrected chi connectivity index (χ1v) is 11.6. The third kappa shape index (κ3) is 4.61. The zero-order valence-corrected chi connectivity index (χ0v) is 20.0. The van der Waals surface area contributed by atoms with Crippen LogP contribution in [0.15, 0.2) is 48.7 Å². The van der Waals surface area contributed by atoms with Crippen LogP contribution in [0.25, 0.3) is 16.9 Å². The highest BCUT2D eigenvalue weighted by Gasteiger charge is 2.26. The minimum absolute atomic E-state index is 0.0433. The predicted octanol–water partition coefficient (Wildman–Crippen LogP) is 4.43. The molecule has 1 aliphatic heterocycles. The lowest BCUT2D eigenvalue weighted by Crippen LogP contribution is -2.48. The molecule has 3 heterocycles. The highest BCUT2D eigenvalue weighted by atomic mass is 35.5. The number of methoxy groups -OCH3 is 1. The van der Waals surface area contributed by atoms with Crippen LogP contribution in [0, 0.1) is 17.5 Å². The Labute approximate surface area is 209 Å². The number of ether oxygens (including phenoxy) is 1. The molecule has 11 heteroatoms. The largest absolute Gasteiger partial charge is 0.497 e. The van der Waals surface area contributed by atoms with E-state index < -0.39 is 17.5 Å². The molecule has 7 nitrogen and oxygen atoms in total. The van der Waals surface area contributed by atoms with Gasteiger partial charge in [-0.05, 0) is 30.3 Å². The fourth-order valence-electron chi connectivity index (χ4n) is 4.23. The van der Waals surface area contributed by atoms with Gasteiger partial charge in [0.1, 0.15) is 22.3 Å². The molecule has 186 valence electrons. The molecule has 0 unspecified atom stereocenters. The second-order valence-electron chi connectivity index (χ2n) is 8.42. The molecule has 0 bridgehead atoms. The Morgan fingerprint density at radius 1 is 1.06 bits per heavy atom. The Kier molecular flexibility index (Phi) is 6.55. The Bertz CT molecular complexity index is 1440. The van der Waals surface area contributed by atoms with Crippen molar-refractivity contribution in [2.75, 3.05) is 33.3 Å². The van der Waals surface area contributed by atoms with Crippen LogP contribution in [0.3, 0.4) is 0 Å². The summed E-state index contributed by atoms with van der Waals surface area (Å²) in [5.41, 5.74) is 1.96. The molecular weight excluding hydrogens is 495 g/mol. The Balaban J connectivity index is 1.33. The van der Waals surface area contributed by atoms with Crippen molar-refractivity contribution in [3.8, 4) is 17.0 Å². The van der Waals surface area contributed by atoms with Gasteiger partial charge in [0, 0.05) is 56.0 Å². The molecule has 5 rings (SSSR count). The first-order chi connectivity index (χ1) is 17.3. The summed E-state index contributed by atoms with van der Waals surface area (Å²) < 4.78 is 47.7. The molecule has 2 aromatic heterocycles. The number of benzene rings is 2. The lowest BCUT2D eigenvalue weighted by Gasteiger charge is -2.34. The van der Waals surface area contributed by atoms with Crippen molar-refractivity contribution in [2.24, 2.45) is 0 Å². The first kappa shape index (κ1) is 24.1. The molecule has 1 amide bonds. The molecule has 0 aliphatic carbocycles. The van der Waals surface area contributed by atoms with Gasteiger partial charge in [-0.15, -0.1) is 0 Å². The number of amides is 1. The van der Waals surface area contributed by atoms with Crippen LogP contribution in [-0.4, -0.2) is 63.6 Å². The lowest BCUT2D eigenvalue weighted by atomic mass is 10.1. The number of hydrogen-bond acceptors (Lipinski definition) is 5. The average molecular weight is 516 g/mol. The molecule has 1 aliphatic rings. The second-order valence-corrected chi connectivity index (χ2v) is 8.80. The number of aromatic nitrogens is 3. The summed E-state index contributed by atoms with van der Waals surface area (Å²) in [6.07, 6.45) is 1.44. The minimum Gasteiger partial charge on any atom is -0.497 e. The summed E-state index contributed by atoms with van der Waals surface area (Å²) in [7, 11) is 1.58. The van der Waals surface area contributed by atoms with Gasteiger partial charge >= 0.3 is 0 Å². The topological polar surface area (TPSA) is 63.0 Å². The SMILES string of the molecule is COc1ccc(-c2cc(Cl)n3ncc(C(=O)N4CCN(Cc5cc(F)cc(F)c5F)CC4)c3n2)cc1. The maximum absolute atomic E-state index is 14.0. The summed E-state index contributed by atoms with van der Waals surface area (Å²) >= 11 is 6.43. The summed E-state index contributed by atoms with van der Waals surface area (Å²) in [6.45, 7) is 1.56. The van der Waals surface area contributed by atoms with Gasteiger partial charge in [-0.3, -0.25) is 9.69 Å². The van der Waals surface area contributed by atoms with Crippen molar-refractivity contribution in [1.29, 1.82) is 0 Å². The van der Waals surface area contributed by atoms with E-state index in [2.05, 4.69) is 10.1 Å². The number of rotatable bonds is 5. The van der Waals surface area contributed by atoms with Crippen LogP contribution >= 0.6 is 11.6 Å². The van der Waals surface area contributed by atoms with Crippen molar-refractivity contribution in [2.45, 2.75) is 6.54 Å². The second kappa shape index (κ2) is 9.79. The van der Waals surface area contributed by atoms with E-state index in [0.717, 1.165) is 11.6 Å². The number of piperazine rings is 1. The van der Waals surface area contributed by atoms with Crippen molar-refractivity contribution >= 4 is 23.2 Å². The maximum Gasteiger partial charge on any atom is 0.259 e. The Hall–Kier alpha value is -3.63. The normalized spacial score (nSPS) is 14.4. The zero-order valence-electron chi connectivity index (χ0n) is 19.2. The minimum atomic E-state index is -1.22. The summed E-state index contributed by atoms with van der Waals surface area (Å²) in [5, 5.41) is 4.53. The highest BCUT2D eigenvalue weighted by Crippen LogP contribution is 2.26. The standard InChI is InChI=1S/C25H21ClF3N5O2/c1-36-18-4-2-15(3-5-18)21-12-22(26)34-24(31-21)19(13-30-34)25(35)33-8-6-32(7-9-33)14-16-10-17(27)11-20(28)23(16)29/h2-5,10-13H,6-9,14H2,1H3. The van der Waals surface area contributed by atoms with Gasteiger partial charge in [-0.1, -0.05) is 11.6 Å². The van der Waals surface area contributed by atoms with Gasteiger partial charge in [-0.2, -0.15) is 5.10 Å². The fourth-order valence-corrected chi connectivity index (χ4v) is 4.46. The van der Waals surface area contributed by atoms with Gasteiger partial charge in [0.05, 0.1) is 19.0 Å². The predicted molar refractivity (Wildman–Crippen MR) is 127 cm³/mol. The van der Waals surface area contributed by atoms with E-state index in [-0.39, 0.29) is 18.0 Å². The first-order valence-electron chi connectivity index (χ1n) is 11.2. The third-order valence-corrected chi connectivity index (χ3v) is 6.44. The van der Waals surface area contributed by atoms with Gasteiger partial charge in [0.2, 0.25) is 0 Å². The third-order valence-electron chi connectivity index (χ3n) is 6.17. The number of carbonyl (C=O) groups excluding carboxylic acids is 1. The van der Waals surface area contributed by atoms with Crippen molar-refractivity contribution in [1.82, 2.24) is 24.4 Å². The molecule has 4 aromatic rings. The zero-order chi connectivity index (χ0) is 25.4. The maximum atomic E-state index is 14.0. The van der Waals surface area contributed by atoms with Crippen LogP contribution in [0.5, 0.6) is 5.75 Å². The van der Waals surface area contributed by atoms with Crippen molar-refractivity contribution in [3.63, 3.8) is 0 Å². The van der Waals surface area contributed by atoms with E-state index in [9.17, 15) is 18.0 Å². The van der Waals surface area contributed by atoms with Crippen molar-refractivity contribution < 1.29 is 22.7 Å². The molecule has 0 atom stereocenters. The van der Waals surface area contributed by atoms with E-state index in [1.165, 1.54) is 10.7 Å². The number of carbonyl (C=O) groups is 1. The number of hydrogen-bond donors (Lipinski definition) is 0. The fraction of sp³-hybridized carbons (Fsp3) is 0.240. The van der Waals surface area contributed by atoms with Crippen LogP contribution in [0.4, 0.5) is 13.2 Å². The van der Waals surface area contributed by atoms with E-state index in [0.29, 0.717) is 60.1 Å². The molecule has 0 spiro atoms. The quantitative estimate of drug-likeness (QED) is 0.291. The number of nitrogens with zero attached hydrogens (tertiary/aromatic N) is 5. The Morgan fingerprint density at radius 2 is 1.78 bits per heavy atom. The van der Waals surface area contributed by atoms with Gasteiger partial charge < -0.3 is 9.64 Å². The average Bonchev–Trinajstić information content (AvgIpc) is 3.32. The van der Waals surface area contributed by atoms with Gasteiger partial charge in [0.15, 0.2) is 17.3 Å². The molecule has 0 radical (unpaired) electrons. The van der Waals surface area contributed by atoms with Crippen LogP contribution < -0.4 is 4.74 Å². The summed E-state index contributed by atoms with van der Waals surface area (Å²) in [5.74, 6) is -2.66. The molecule has 1 saturated heterocycles. The smallest absolute Gasteiger partial charge is 0.259 e. The van der Waals surface area contributed by atoms with Crippen LogP contribution in [0.1, 0.15) is 15.9 Å². The molecule has 2 aromatic carbocycles.